The highest BCUT2D eigenvalue weighted by atomic mass is 79.9. The van der Waals surface area contributed by atoms with Crippen LogP contribution in [-0.2, 0) is 6.61 Å². The highest BCUT2D eigenvalue weighted by molar-refractivity contribution is 9.10. The monoisotopic (exact) mass is 383 g/mol. The van der Waals surface area contributed by atoms with Gasteiger partial charge in [0.25, 0.3) is 0 Å². The Hall–Kier alpha value is -2.46. The predicted octanol–water partition coefficient (Wildman–Crippen LogP) is 5.92. The summed E-state index contributed by atoms with van der Waals surface area (Å²) in [6.45, 7) is 0.481. The molecule has 0 heterocycles. The number of aliphatic imine (C=N–C) groups is 1. The number of benzene rings is 3. The van der Waals surface area contributed by atoms with Crippen molar-refractivity contribution in [1.82, 2.24) is 0 Å². The van der Waals surface area contributed by atoms with E-state index in [2.05, 4.69) is 20.9 Å². The maximum atomic E-state index is 12.9. The van der Waals surface area contributed by atoms with Gasteiger partial charge in [0.05, 0.1) is 5.69 Å². The van der Waals surface area contributed by atoms with Crippen LogP contribution in [0.25, 0.3) is 0 Å². The second-order valence-corrected chi connectivity index (χ2v) is 6.11. The first-order chi connectivity index (χ1) is 11.7. The van der Waals surface area contributed by atoms with Crippen molar-refractivity contribution >= 4 is 27.8 Å². The first-order valence-corrected chi connectivity index (χ1v) is 8.26. The molecule has 0 radical (unpaired) electrons. The van der Waals surface area contributed by atoms with E-state index in [9.17, 15) is 4.39 Å². The zero-order chi connectivity index (χ0) is 16.8. The molecular formula is C20H15BrFNO. The molecule has 0 spiro atoms. The summed E-state index contributed by atoms with van der Waals surface area (Å²) in [5, 5.41) is 0. The molecule has 3 rings (SSSR count). The van der Waals surface area contributed by atoms with Gasteiger partial charge in [-0.2, -0.15) is 0 Å². The summed E-state index contributed by atoms with van der Waals surface area (Å²) in [7, 11) is 0. The van der Waals surface area contributed by atoms with Crippen LogP contribution >= 0.6 is 15.9 Å². The Bertz CT molecular complexity index is 832. The van der Waals surface area contributed by atoms with Crippen molar-refractivity contribution < 1.29 is 9.13 Å². The molecule has 4 heteroatoms. The third kappa shape index (κ3) is 4.52. The largest absolute Gasteiger partial charge is 0.488 e. The van der Waals surface area contributed by atoms with Crippen LogP contribution in [0, 0.1) is 5.82 Å². The van der Waals surface area contributed by atoms with Crippen LogP contribution in [0.2, 0.25) is 0 Å². The maximum Gasteiger partial charge on any atom is 0.129 e. The van der Waals surface area contributed by atoms with Crippen molar-refractivity contribution in [2.24, 2.45) is 4.99 Å². The molecule has 0 unspecified atom stereocenters. The van der Waals surface area contributed by atoms with E-state index in [1.165, 1.54) is 12.1 Å². The van der Waals surface area contributed by atoms with Crippen molar-refractivity contribution in [3.63, 3.8) is 0 Å². The molecule has 0 aromatic heterocycles. The molecule has 0 fully saturated rings. The normalized spacial score (nSPS) is 10.9. The number of rotatable bonds is 5. The van der Waals surface area contributed by atoms with Crippen LogP contribution in [0.1, 0.15) is 11.1 Å². The van der Waals surface area contributed by atoms with Gasteiger partial charge in [0.2, 0.25) is 0 Å². The molecule has 24 heavy (non-hydrogen) atoms. The minimum absolute atomic E-state index is 0.274. The summed E-state index contributed by atoms with van der Waals surface area (Å²) in [4.78, 5) is 4.38. The zero-order valence-corrected chi connectivity index (χ0v) is 14.4. The number of nitrogens with zero attached hydrogens (tertiary/aromatic N) is 1. The molecular weight excluding hydrogens is 369 g/mol. The topological polar surface area (TPSA) is 21.6 Å². The molecule has 0 bridgehead atoms. The molecule has 0 saturated heterocycles. The van der Waals surface area contributed by atoms with Crippen LogP contribution in [0.5, 0.6) is 5.75 Å². The van der Waals surface area contributed by atoms with Crippen molar-refractivity contribution in [3.8, 4) is 5.75 Å². The second kappa shape index (κ2) is 7.88. The SMILES string of the molecule is Fc1ccc(/N=C/c2ccc(Br)cc2OCc2ccccc2)cc1. The number of ether oxygens (including phenoxy) is 1. The Morgan fingerprint density at radius 1 is 0.958 bits per heavy atom. The average Bonchev–Trinajstić information content (AvgIpc) is 2.61. The Balaban J connectivity index is 1.78. The number of halogens is 2. The molecule has 0 amide bonds. The molecule has 3 aromatic rings. The van der Waals surface area contributed by atoms with Crippen molar-refractivity contribution in [2.75, 3.05) is 0 Å². The number of hydrogen-bond donors (Lipinski definition) is 0. The summed E-state index contributed by atoms with van der Waals surface area (Å²) < 4.78 is 19.8. The first-order valence-electron chi connectivity index (χ1n) is 7.46. The Labute approximate surface area is 148 Å². The summed E-state index contributed by atoms with van der Waals surface area (Å²) in [5.41, 5.74) is 2.64. The second-order valence-electron chi connectivity index (χ2n) is 5.19. The smallest absolute Gasteiger partial charge is 0.129 e. The average molecular weight is 384 g/mol. The van der Waals surface area contributed by atoms with E-state index >= 15 is 0 Å². The molecule has 0 N–H and O–H groups in total. The van der Waals surface area contributed by atoms with Crippen LogP contribution in [0.4, 0.5) is 10.1 Å². The van der Waals surface area contributed by atoms with Crippen molar-refractivity contribution in [1.29, 1.82) is 0 Å². The Morgan fingerprint density at radius 3 is 2.46 bits per heavy atom. The van der Waals surface area contributed by atoms with Gasteiger partial charge in [0.1, 0.15) is 18.2 Å². The molecule has 0 saturated carbocycles. The fourth-order valence-electron chi connectivity index (χ4n) is 2.15. The fourth-order valence-corrected chi connectivity index (χ4v) is 2.49. The van der Waals surface area contributed by atoms with E-state index in [1.807, 2.05) is 48.5 Å². The quantitative estimate of drug-likeness (QED) is 0.501. The lowest BCUT2D eigenvalue weighted by Gasteiger charge is -2.10. The summed E-state index contributed by atoms with van der Waals surface area (Å²) >= 11 is 3.46. The summed E-state index contributed by atoms with van der Waals surface area (Å²) in [6, 6.07) is 21.8. The minimum Gasteiger partial charge on any atom is -0.488 e. The predicted molar refractivity (Wildman–Crippen MR) is 98.6 cm³/mol. The fraction of sp³-hybridized carbons (Fsp3) is 0.0500. The lowest BCUT2D eigenvalue weighted by molar-refractivity contribution is 0.305. The minimum atomic E-state index is -0.274. The lowest BCUT2D eigenvalue weighted by atomic mass is 10.2. The molecule has 2 nitrogen and oxygen atoms in total. The van der Waals surface area contributed by atoms with Gasteiger partial charge in [-0.1, -0.05) is 46.3 Å². The summed E-state index contributed by atoms with van der Waals surface area (Å²) in [6.07, 6.45) is 1.72. The van der Waals surface area contributed by atoms with Gasteiger partial charge in [0, 0.05) is 16.3 Å². The zero-order valence-electron chi connectivity index (χ0n) is 12.8. The lowest BCUT2D eigenvalue weighted by Crippen LogP contribution is -1.98. The molecule has 0 aliphatic rings. The van der Waals surface area contributed by atoms with E-state index in [1.54, 1.807) is 18.3 Å². The molecule has 120 valence electrons. The highest BCUT2D eigenvalue weighted by Gasteiger charge is 2.04. The van der Waals surface area contributed by atoms with Gasteiger partial charge in [0.15, 0.2) is 0 Å². The van der Waals surface area contributed by atoms with Gasteiger partial charge in [-0.15, -0.1) is 0 Å². The van der Waals surface area contributed by atoms with Gasteiger partial charge < -0.3 is 4.74 Å². The van der Waals surface area contributed by atoms with Gasteiger partial charge in [-0.3, -0.25) is 4.99 Å². The van der Waals surface area contributed by atoms with Gasteiger partial charge in [-0.05, 0) is 48.0 Å². The standard InChI is InChI=1S/C20H15BrFNO/c21-17-7-6-16(13-23-19-10-8-18(22)9-11-19)20(12-17)24-14-15-4-2-1-3-5-15/h1-13H,14H2/b23-13+. The highest BCUT2D eigenvalue weighted by Crippen LogP contribution is 2.24. The molecule has 0 aliphatic carbocycles. The summed E-state index contributed by atoms with van der Waals surface area (Å²) in [5.74, 6) is 0.462. The number of hydrogen-bond acceptors (Lipinski definition) is 2. The Morgan fingerprint density at radius 2 is 1.71 bits per heavy atom. The van der Waals surface area contributed by atoms with Crippen LogP contribution < -0.4 is 4.74 Å². The van der Waals surface area contributed by atoms with Crippen molar-refractivity contribution in [3.05, 3.63) is 94.2 Å². The maximum absolute atomic E-state index is 12.9. The van der Waals surface area contributed by atoms with Crippen LogP contribution in [-0.4, -0.2) is 6.21 Å². The first kappa shape index (κ1) is 16.4. The van der Waals surface area contributed by atoms with E-state index in [-0.39, 0.29) is 5.82 Å². The van der Waals surface area contributed by atoms with Crippen LogP contribution in [0.3, 0.4) is 0 Å². The van der Waals surface area contributed by atoms with Crippen LogP contribution in [0.15, 0.2) is 82.3 Å². The third-order valence-corrected chi connectivity index (χ3v) is 3.89. The van der Waals surface area contributed by atoms with Gasteiger partial charge in [-0.25, -0.2) is 4.39 Å². The van der Waals surface area contributed by atoms with E-state index in [4.69, 9.17) is 4.74 Å². The van der Waals surface area contributed by atoms with Gasteiger partial charge >= 0.3 is 0 Å². The molecule has 0 aliphatic heterocycles. The van der Waals surface area contributed by atoms with E-state index in [0.29, 0.717) is 12.3 Å². The van der Waals surface area contributed by atoms with Crippen molar-refractivity contribution in [2.45, 2.75) is 6.61 Å². The van der Waals surface area contributed by atoms with E-state index in [0.717, 1.165) is 21.3 Å². The molecule has 0 atom stereocenters. The third-order valence-electron chi connectivity index (χ3n) is 3.39. The Kier molecular flexibility index (Phi) is 5.39. The van der Waals surface area contributed by atoms with E-state index < -0.39 is 0 Å². The molecule has 3 aromatic carbocycles.